The molecule has 4 aromatic rings. The maximum atomic E-state index is 11.2. The molecule has 1 aromatic heterocycles. The van der Waals surface area contributed by atoms with Crippen molar-refractivity contribution in [1.29, 1.82) is 0 Å². The van der Waals surface area contributed by atoms with Gasteiger partial charge in [0.1, 0.15) is 12.4 Å². The SMILES string of the molecule is Cc1ccccc1CCc1ccc2nc(N(C)CC(=O)O)cc(-c3ccccc3)c2c1. The van der Waals surface area contributed by atoms with Crippen LogP contribution in [0.2, 0.25) is 0 Å². The van der Waals surface area contributed by atoms with Gasteiger partial charge in [0, 0.05) is 12.4 Å². The highest BCUT2D eigenvalue weighted by molar-refractivity contribution is 5.96. The number of hydrogen-bond acceptors (Lipinski definition) is 3. The van der Waals surface area contributed by atoms with Gasteiger partial charge in [0.2, 0.25) is 0 Å². The number of pyridine rings is 1. The Morgan fingerprint density at radius 2 is 1.68 bits per heavy atom. The standard InChI is InChI=1S/C27H26N2O2/c1-19-8-6-7-9-21(19)14-12-20-13-15-25-24(16-20)23(22-10-4-3-5-11-22)17-26(28-25)29(2)18-27(30)31/h3-11,13,15-17H,12,14,18H2,1-2H3,(H,30,31). The van der Waals surface area contributed by atoms with Crippen LogP contribution in [0.1, 0.15) is 16.7 Å². The van der Waals surface area contributed by atoms with Crippen molar-refractivity contribution in [2.75, 3.05) is 18.5 Å². The van der Waals surface area contributed by atoms with Crippen LogP contribution in [0.3, 0.4) is 0 Å². The van der Waals surface area contributed by atoms with Crippen LogP contribution < -0.4 is 4.90 Å². The van der Waals surface area contributed by atoms with Crippen molar-refractivity contribution in [3.8, 4) is 11.1 Å². The van der Waals surface area contributed by atoms with E-state index in [9.17, 15) is 9.90 Å². The van der Waals surface area contributed by atoms with Gasteiger partial charge in [0.15, 0.2) is 0 Å². The maximum Gasteiger partial charge on any atom is 0.323 e. The van der Waals surface area contributed by atoms with Gasteiger partial charge in [-0.2, -0.15) is 0 Å². The third-order valence-electron chi connectivity index (χ3n) is 5.65. The summed E-state index contributed by atoms with van der Waals surface area (Å²) in [6, 6.07) is 27.1. The Hall–Kier alpha value is -3.66. The first-order chi connectivity index (χ1) is 15.0. The number of carboxylic acids is 1. The van der Waals surface area contributed by atoms with E-state index < -0.39 is 5.97 Å². The Kier molecular flexibility index (Phi) is 5.99. The Balaban J connectivity index is 1.74. The largest absolute Gasteiger partial charge is 0.480 e. The van der Waals surface area contributed by atoms with E-state index in [0.717, 1.165) is 34.9 Å². The number of hydrogen-bond donors (Lipinski definition) is 1. The molecule has 0 bridgehead atoms. The van der Waals surface area contributed by atoms with E-state index in [4.69, 9.17) is 4.98 Å². The van der Waals surface area contributed by atoms with Crippen molar-refractivity contribution in [3.05, 3.63) is 95.6 Å². The first-order valence-electron chi connectivity index (χ1n) is 10.5. The fourth-order valence-electron chi connectivity index (χ4n) is 3.92. The number of aromatic nitrogens is 1. The van der Waals surface area contributed by atoms with Gasteiger partial charge >= 0.3 is 5.97 Å². The third-order valence-corrected chi connectivity index (χ3v) is 5.65. The number of likely N-dealkylation sites (N-methyl/N-ethyl adjacent to an activating group) is 1. The van der Waals surface area contributed by atoms with Gasteiger partial charge in [0.25, 0.3) is 0 Å². The monoisotopic (exact) mass is 410 g/mol. The molecule has 31 heavy (non-hydrogen) atoms. The van der Waals surface area contributed by atoms with Gasteiger partial charge in [0.05, 0.1) is 5.52 Å². The molecule has 0 saturated carbocycles. The zero-order chi connectivity index (χ0) is 21.8. The molecule has 0 aliphatic carbocycles. The fraction of sp³-hybridized carbons (Fsp3) is 0.185. The van der Waals surface area contributed by atoms with Crippen LogP contribution in [0.15, 0.2) is 78.9 Å². The Bertz CT molecular complexity index is 1220. The molecule has 4 heteroatoms. The summed E-state index contributed by atoms with van der Waals surface area (Å²) >= 11 is 0. The Morgan fingerprint density at radius 3 is 2.42 bits per heavy atom. The molecule has 156 valence electrons. The number of nitrogens with zero attached hydrogens (tertiary/aromatic N) is 2. The van der Waals surface area contributed by atoms with Crippen molar-refractivity contribution in [2.24, 2.45) is 0 Å². The molecule has 0 atom stereocenters. The minimum Gasteiger partial charge on any atom is -0.480 e. The summed E-state index contributed by atoms with van der Waals surface area (Å²) in [5.41, 5.74) is 6.98. The minimum atomic E-state index is -0.878. The van der Waals surface area contributed by atoms with E-state index in [1.54, 1.807) is 11.9 Å². The molecule has 3 aromatic carbocycles. The van der Waals surface area contributed by atoms with Crippen LogP contribution in [0.5, 0.6) is 0 Å². The lowest BCUT2D eigenvalue weighted by atomic mass is 9.96. The lowest BCUT2D eigenvalue weighted by molar-refractivity contribution is -0.135. The van der Waals surface area contributed by atoms with Crippen LogP contribution in [0.25, 0.3) is 22.0 Å². The Morgan fingerprint density at radius 1 is 0.935 bits per heavy atom. The number of benzene rings is 3. The van der Waals surface area contributed by atoms with Crippen LogP contribution in [-0.2, 0) is 17.6 Å². The molecule has 1 N–H and O–H groups in total. The predicted molar refractivity (Wildman–Crippen MR) is 127 cm³/mol. The summed E-state index contributed by atoms with van der Waals surface area (Å²) in [6.45, 7) is 2.06. The molecule has 4 rings (SSSR count). The fourth-order valence-corrected chi connectivity index (χ4v) is 3.92. The second-order valence-corrected chi connectivity index (χ2v) is 7.92. The number of rotatable bonds is 7. The molecule has 0 spiro atoms. The molecule has 0 fully saturated rings. The van der Waals surface area contributed by atoms with E-state index in [1.807, 2.05) is 30.3 Å². The number of carboxylic acid groups (broad SMARTS) is 1. The molecule has 0 radical (unpaired) electrons. The summed E-state index contributed by atoms with van der Waals surface area (Å²) in [5.74, 6) is -0.223. The number of fused-ring (bicyclic) bond motifs is 1. The summed E-state index contributed by atoms with van der Waals surface area (Å²) in [4.78, 5) is 17.6. The van der Waals surface area contributed by atoms with Crippen LogP contribution in [-0.4, -0.2) is 29.7 Å². The second kappa shape index (κ2) is 9.00. The van der Waals surface area contributed by atoms with Gasteiger partial charge in [-0.25, -0.2) is 4.98 Å². The third kappa shape index (κ3) is 4.75. The first-order valence-corrected chi connectivity index (χ1v) is 10.5. The van der Waals surface area contributed by atoms with E-state index in [2.05, 4.69) is 55.5 Å². The number of aryl methyl sites for hydroxylation is 3. The van der Waals surface area contributed by atoms with Crippen LogP contribution in [0, 0.1) is 6.92 Å². The van der Waals surface area contributed by atoms with E-state index in [-0.39, 0.29) is 6.54 Å². The molecular weight excluding hydrogens is 384 g/mol. The van der Waals surface area contributed by atoms with Crippen molar-refractivity contribution < 1.29 is 9.90 Å². The van der Waals surface area contributed by atoms with Crippen LogP contribution in [0.4, 0.5) is 5.82 Å². The molecule has 4 nitrogen and oxygen atoms in total. The highest BCUT2D eigenvalue weighted by atomic mass is 16.4. The molecular formula is C27H26N2O2. The van der Waals surface area contributed by atoms with E-state index >= 15 is 0 Å². The van der Waals surface area contributed by atoms with Gasteiger partial charge in [-0.1, -0.05) is 60.7 Å². The topological polar surface area (TPSA) is 53.4 Å². The van der Waals surface area contributed by atoms with Crippen molar-refractivity contribution in [2.45, 2.75) is 19.8 Å². The van der Waals surface area contributed by atoms with Gasteiger partial charge in [-0.15, -0.1) is 0 Å². The zero-order valence-corrected chi connectivity index (χ0v) is 17.9. The molecule has 0 aliphatic rings. The van der Waals surface area contributed by atoms with Crippen molar-refractivity contribution in [3.63, 3.8) is 0 Å². The predicted octanol–water partition coefficient (Wildman–Crippen LogP) is 5.52. The molecule has 1 heterocycles. The maximum absolute atomic E-state index is 11.2. The average Bonchev–Trinajstić information content (AvgIpc) is 2.78. The van der Waals surface area contributed by atoms with Gasteiger partial charge in [-0.3, -0.25) is 4.79 Å². The highest BCUT2D eigenvalue weighted by Gasteiger charge is 2.13. The smallest absolute Gasteiger partial charge is 0.323 e. The normalized spacial score (nSPS) is 10.9. The van der Waals surface area contributed by atoms with Crippen molar-refractivity contribution >= 4 is 22.7 Å². The molecule has 0 unspecified atom stereocenters. The molecule has 0 amide bonds. The summed E-state index contributed by atoms with van der Waals surface area (Å²) in [6.07, 6.45) is 1.95. The number of anilines is 1. The lowest BCUT2D eigenvalue weighted by Crippen LogP contribution is -2.26. The summed E-state index contributed by atoms with van der Waals surface area (Å²) < 4.78 is 0. The van der Waals surface area contributed by atoms with Gasteiger partial charge in [-0.05, 0) is 65.8 Å². The second-order valence-electron chi connectivity index (χ2n) is 7.92. The molecule has 0 saturated heterocycles. The van der Waals surface area contributed by atoms with E-state index in [0.29, 0.717) is 5.82 Å². The highest BCUT2D eigenvalue weighted by Crippen LogP contribution is 2.32. The minimum absolute atomic E-state index is 0.0960. The van der Waals surface area contributed by atoms with Gasteiger partial charge < -0.3 is 10.0 Å². The summed E-state index contributed by atoms with van der Waals surface area (Å²) in [7, 11) is 1.76. The first kappa shape index (κ1) is 20.6. The lowest BCUT2D eigenvalue weighted by Gasteiger charge is -2.18. The Labute approximate surface area is 182 Å². The quantitative estimate of drug-likeness (QED) is 0.436. The van der Waals surface area contributed by atoms with Crippen LogP contribution >= 0.6 is 0 Å². The molecule has 0 aliphatic heterocycles. The summed E-state index contributed by atoms with van der Waals surface area (Å²) in [5, 5.41) is 10.3. The van der Waals surface area contributed by atoms with Crippen molar-refractivity contribution in [1.82, 2.24) is 4.98 Å². The number of carbonyl (C=O) groups is 1. The van der Waals surface area contributed by atoms with E-state index in [1.165, 1.54) is 16.7 Å². The number of aliphatic carboxylic acids is 1. The average molecular weight is 411 g/mol. The zero-order valence-electron chi connectivity index (χ0n) is 17.9.